The predicted molar refractivity (Wildman–Crippen MR) is 144 cm³/mol. The van der Waals surface area contributed by atoms with Crippen LogP contribution in [0.3, 0.4) is 0 Å². The number of fused-ring (bicyclic) bond motifs is 4. The molecule has 0 N–H and O–H groups in total. The fourth-order valence-electron chi connectivity index (χ4n) is 6.04. The van der Waals surface area contributed by atoms with Crippen LogP contribution in [0.15, 0.2) is 95.5 Å². The number of allylic oxidation sites excluding steroid dienone is 2. The average molecular weight is 491 g/mol. The van der Waals surface area contributed by atoms with Crippen LogP contribution >= 0.6 is 15.9 Å². The minimum absolute atomic E-state index is 0.0120. The van der Waals surface area contributed by atoms with Crippen molar-refractivity contribution in [1.29, 1.82) is 0 Å². The molecule has 162 valence electrons. The van der Waals surface area contributed by atoms with Crippen molar-refractivity contribution in [3.05, 3.63) is 118 Å². The fraction of sp³-hybridized carbons (Fsp3) is 0.188. The zero-order valence-corrected chi connectivity index (χ0v) is 21.1. The summed E-state index contributed by atoms with van der Waals surface area (Å²) in [4.78, 5) is 0. The number of rotatable bonds is 2. The molecule has 33 heavy (non-hydrogen) atoms. The highest BCUT2D eigenvalue weighted by atomic mass is 79.9. The van der Waals surface area contributed by atoms with Gasteiger partial charge in [-0.1, -0.05) is 116 Å². The van der Waals surface area contributed by atoms with Crippen LogP contribution in [-0.2, 0) is 10.8 Å². The van der Waals surface area contributed by atoms with E-state index in [1.807, 2.05) is 0 Å². The van der Waals surface area contributed by atoms with Crippen LogP contribution in [0.25, 0.3) is 33.4 Å². The Balaban J connectivity index is 1.41. The lowest BCUT2D eigenvalue weighted by Gasteiger charge is -2.28. The van der Waals surface area contributed by atoms with Gasteiger partial charge >= 0.3 is 0 Å². The van der Waals surface area contributed by atoms with Gasteiger partial charge in [-0.25, -0.2) is 0 Å². The van der Waals surface area contributed by atoms with Crippen LogP contribution in [0.5, 0.6) is 0 Å². The molecule has 0 bridgehead atoms. The Labute approximate surface area is 205 Å². The minimum atomic E-state index is -0.0120. The van der Waals surface area contributed by atoms with Crippen LogP contribution in [-0.4, -0.2) is 0 Å². The summed E-state index contributed by atoms with van der Waals surface area (Å²) in [5, 5.41) is 0. The van der Waals surface area contributed by atoms with Gasteiger partial charge in [0, 0.05) is 15.3 Å². The zero-order valence-electron chi connectivity index (χ0n) is 19.5. The maximum absolute atomic E-state index is 3.52. The van der Waals surface area contributed by atoms with E-state index in [0.717, 1.165) is 4.47 Å². The lowest BCUT2D eigenvalue weighted by Crippen LogP contribution is -2.19. The first kappa shape index (κ1) is 20.7. The average Bonchev–Trinajstić information content (AvgIpc) is 3.21. The van der Waals surface area contributed by atoms with Gasteiger partial charge in [0.2, 0.25) is 0 Å². The van der Waals surface area contributed by atoms with Gasteiger partial charge < -0.3 is 0 Å². The molecule has 0 aromatic heterocycles. The minimum Gasteiger partial charge on any atom is -0.0619 e. The largest absolute Gasteiger partial charge is 0.0619 e. The molecule has 2 aliphatic carbocycles. The van der Waals surface area contributed by atoms with E-state index >= 15 is 0 Å². The van der Waals surface area contributed by atoms with Crippen LogP contribution in [0.4, 0.5) is 0 Å². The molecular formula is C32H27Br. The van der Waals surface area contributed by atoms with Gasteiger partial charge in [-0.15, -0.1) is 0 Å². The smallest absolute Gasteiger partial charge is 0.0175 e. The molecule has 0 nitrogen and oxygen atoms in total. The highest BCUT2D eigenvalue weighted by molar-refractivity contribution is 9.10. The second-order valence-corrected chi connectivity index (χ2v) is 11.3. The fourth-order valence-corrected chi connectivity index (χ4v) is 6.30. The van der Waals surface area contributed by atoms with Crippen LogP contribution in [0, 0.1) is 0 Å². The Morgan fingerprint density at radius 3 is 1.58 bits per heavy atom. The van der Waals surface area contributed by atoms with Crippen molar-refractivity contribution in [1.82, 2.24) is 0 Å². The topological polar surface area (TPSA) is 0 Å². The van der Waals surface area contributed by atoms with Gasteiger partial charge in [-0.2, -0.15) is 0 Å². The lowest BCUT2D eigenvalue weighted by molar-refractivity contribution is 0.694. The van der Waals surface area contributed by atoms with Crippen molar-refractivity contribution in [2.24, 2.45) is 0 Å². The molecule has 0 amide bonds. The van der Waals surface area contributed by atoms with E-state index in [0.29, 0.717) is 0 Å². The van der Waals surface area contributed by atoms with Crippen LogP contribution in [0.2, 0.25) is 0 Å². The van der Waals surface area contributed by atoms with Gasteiger partial charge in [0.25, 0.3) is 0 Å². The highest BCUT2D eigenvalue weighted by Gasteiger charge is 2.49. The standard InChI is InChI=1S/C32H27Br/c1-31(2)27-8-6-5-7-25(27)29-30(31)26-18-15-23(19-28(26)32(29,3)4)22-11-9-20(10-12-22)21-13-16-24(33)17-14-21/h5-19H,1-4H3. The highest BCUT2D eigenvalue weighted by Crippen LogP contribution is 2.62. The van der Waals surface area contributed by atoms with E-state index in [2.05, 4.69) is 135 Å². The number of hydrogen-bond acceptors (Lipinski definition) is 0. The molecule has 0 heterocycles. The summed E-state index contributed by atoms with van der Waals surface area (Å²) in [6.07, 6.45) is 0. The van der Waals surface area contributed by atoms with Gasteiger partial charge in [-0.3, -0.25) is 0 Å². The van der Waals surface area contributed by atoms with E-state index in [1.165, 1.54) is 55.7 Å². The summed E-state index contributed by atoms with van der Waals surface area (Å²) in [5.74, 6) is 0. The first-order chi connectivity index (χ1) is 15.8. The normalized spacial score (nSPS) is 17.0. The Kier molecular flexibility index (Phi) is 4.42. The molecule has 2 aliphatic rings. The summed E-state index contributed by atoms with van der Waals surface area (Å²) in [6.45, 7) is 9.56. The molecule has 0 radical (unpaired) electrons. The number of halogens is 1. The van der Waals surface area contributed by atoms with Gasteiger partial charge in [0.05, 0.1) is 0 Å². The molecule has 0 aliphatic heterocycles. The van der Waals surface area contributed by atoms with E-state index in [-0.39, 0.29) is 10.8 Å². The number of hydrogen-bond donors (Lipinski definition) is 0. The molecule has 0 spiro atoms. The quantitative estimate of drug-likeness (QED) is 0.262. The van der Waals surface area contributed by atoms with Crippen molar-refractivity contribution < 1.29 is 0 Å². The molecule has 0 atom stereocenters. The first-order valence-electron chi connectivity index (χ1n) is 11.6. The van der Waals surface area contributed by atoms with Crippen molar-refractivity contribution in [2.75, 3.05) is 0 Å². The summed E-state index contributed by atoms with van der Waals surface area (Å²) < 4.78 is 1.11. The van der Waals surface area contributed by atoms with E-state index in [4.69, 9.17) is 0 Å². The first-order valence-corrected chi connectivity index (χ1v) is 12.4. The van der Waals surface area contributed by atoms with E-state index in [1.54, 1.807) is 0 Å². The van der Waals surface area contributed by atoms with Crippen molar-refractivity contribution in [3.8, 4) is 22.3 Å². The van der Waals surface area contributed by atoms with Crippen molar-refractivity contribution in [3.63, 3.8) is 0 Å². The van der Waals surface area contributed by atoms with Gasteiger partial charge in [-0.05, 0) is 73.9 Å². The monoisotopic (exact) mass is 490 g/mol. The molecule has 0 fully saturated rings. The lowest BCUT2D eigenvalue weighted by atomic mass is 9.75. The van der Waals surface area contributed by atoms with Gasteiger partial charge in [0.15, 0.2) is 0 Å². The Morgan fingerprint density at radius 2 is 0.939 bits per heavy atom. The van der Waals surface area contributed by atoms with Crippen LogP contribution < -0.4 is 0 Å². The molecule has 4 aromatic rings. The van der Waals surface area contributed by atoms with Crippen LogP contribution in [0.1, 0.15) is 49.9 Å². The molecule has 1 heteroatoms. The molecular weight excluding hydrogens is 464 g/mol. The van der Waals surface area contributed by atoms with Crippen molar-refractivity contribution in [2.45, 2.75) is 38.5 Å². The van der Waals surface area contributed by atoms with Crippen molar-refractivity contribution >= 4 is 27.1 Å². The second kappa shape index (κ2) is 7.05. The maximum Gasteiger partial charge on any atom is 0.0175 e. The summed E-state index contributed by atoms with van der Waals surface area (Å²) in [6, 6.07) is 33.6. The third kappa shape index (κ3) is 2.95. The summed E-state index contributed by atoms with van der Waals surface area (Å²) in [5.41, 5.74) is 13.8. The SMILES string of the molecule is CC1(C)C2=C(c3ccccc31)C(C)(C)c1cc(-c3ccc(-c4ccc(Br)cc4)cc3)ccc12. The second-order valence-electron chi connectivity index (χ2n) is 10.4. The van der Waals surface area contributed by atoms with E-state index < -0.39 is 0 Å². The molecule has 6 rings (SSSR count). The predicted octanol–water partition coefficient (Wildman–Crippen LogP) is 9.28. The molecule has 4 aromatic carbocycles. The Bertz CT molecular complexity index is 1430. The third-order valence-corrected chi connectivity index (χ3v) is 8.26. The van der Waals surface area contributed by atoms with Gasteiger partial charge in [0.1, 0.15) is 0 Å². The summed E-state index contributed by atoms with van der Waals surface area (Å²) in [7, 11) is 0. The molecule has 0 saturated carbocycles. The Hall–Kier alpha value is -2.90. The zero-order chi connectivity index (χ0) is 23.0. The Morgan fingerprint density at radius 1 is 0.485 bits per heavy atom. The number of benzene rings is 4. The van der Waals surface area contributed by atoms with E-state index in [9.17, 15) is 0 Å². The summed E-state index contributed by atoms with van der Waals surface area (Å²) >= 11 is 3.52. The maximum atomic E-state index is 3.52. The molecule has 0 unspecified atom stereocenters. The molecule has 0 saturated heterocycles. The third-order valence-electron chi connectivity index (χ3n) is 7.73.